The van der Waals surface area contributed by atoms with Crippen LogP contribution in [0.25, 0.3) is 0 Å². The van der Waals surface area contributed by atoms with E-state index in [0.29, 0.717) is 0 Å². The molecule has 2 rings (SSSR count). The van der Waals surface area contributed by atoms with E-state index in [-0.39, 0.29) is 17.9 Å². The predicted molar refractivity (Wildman–Crippen MR) is 87.4 cm³/mol. The third kappa shape index (κ3) is 3.76. The van der Waals surface area contributed by atoms with E-state index < -0.39 is 0 Å². The second-order valence-electron chi connectivity index (χ2n) is 6.06. The van der Waals surface area contributed by atoms with Gasteiger partial charge in [0.15, 0.2) is 0 Å². The Hall–Kier alpha value is -1.55. The Morgan fingerprint density at radius 2 is 1.95 bits per heavy atom. The van der Waals surface area contributed by atoms with E-state index in [1.54, 1.807) is 0 Å². The minimum Gasteiger partial charge on any atom is -0.368 e. The van der Waals surface area contributed by atoms with Crippen LogP contribution in [0.15, 0.2) is 24.3 Å². The van der Waals surface area contributed by atoms with Gasteiger partial charge in [0.1, 0.15) is 0 Å². The van der Waals surface area contributed by atoms with Crippen LogP contribution in [0, 0.1) is 12.8 Å². The van der Waals surface area contributed by atoms with Gasteiger partial charge >= 0.3 is 0 Å². The van der Waals surface area contributed by atoms with Gasteiger partial charge in [-0.15, -0.1) is 0 Å². The smallest absolute Gasteiger partial charge is 0.239 e. The van der Waals surface area contributed by atoms with Crippen molar-refractivity contribution in [1.29, 1.82) is 0 Å². The Morgan fingerprint density at radius 1 is 1.29 bits per heavy atom. The minimum absolute atomic E-state index is 0.105. The van der Waals surface area contributed by atoms with Gasteiger partial charge in [0, 0.05) is 31.9 Å². The summed E-state index contributed by atoms with van der Waals surface area (Å²) in [5.74, 6) is 0.348. The van der Waals surface area contributed by atoms with E-state index in [4.69, 9.17) is 5.73 Å². The lowest BCUT2D eigenvalue weighted by Crippen LogP contribution is -2.54. The van der Waals surface area contributed by atoms with Crippen LogP contribution in [-0.4, -0.2) is 43.0 Å². The monoisotopic (exact) mass is 289 g/mol. The summed E-state index contributed by atoms with van der Waals surface area (Å²) in [6.45, 7) is 9.51. The molecule has 1 aromatic carbocycles. The molecule has 0 aromatic heterocycles. The molecule has 0 radical (unpaired) electrons. The molecule has 4 heteroatoms. The average Bonchev–Trinajstić information content (AvgIpc) is 2.53. The van der Waals surface area contributed by atoms with Gasteiger partial charge in [-0.05, 0) is 30.5 Å². The van der Waals surface area contributed by atoms with E-state index in [9.17, 15) is 4.79 Å². The van der Waals surface area contributed by atoms with Gasteiger partial charge in [-0.1, -0.05) is 32.4 Å². The van der Waals surface area contributed by atoms with Gasteiger partial charge < -0.3 is 15.5 Å². The summed E-state index contributed by atoms with van der Waals surface area (Å²) in [5.41, 5.74) is 8.58. The fourth-order valence-corrected chi connectivity index (χ4v) is 2.72. The maximum atomic E-state index is 12.4. The number of carbonyl (C=O) groups excluding carboxylic acids is 1. The average molecular weight is 289 g/mol. The molecule has 1 heterocycles. The number of aryl methyl sites for hydroxylation is 1. The van der Waals surface area contributed by atoms with Gasteiger partial charge in [-0.2, -0.15) is 0 Å². The van der Waals surface area contributed by atoms with Gasteiger partial charge in [-0.3, -0.25) is 4.79 Å². The normalized spacial score (nSPS) is 18.5. The van der Waals surface area contributed by atoms with Crippen LogP contribution in [-0.2, 0) is 4.79 Å². The summed E-state index contributed by atoms with van der Waals surface area (Å²) in [5, 5.41) is 0. The van der Waals surface area contributed by atoms with E-state index in [1.807, 2.05) is 11.8 Å². The van der Waals surface area contributed by atoms with Gasteiger partial charge in [0.25, 0.3) is 0 Å². The molecule has 0 aliphatic carbocycles. The maximum Gasteiger partial charge on any atom is 0.239 e. The summed E-state index contributed by atoms with van der Waals surface area (Å²) >= 11 is 0. The molecule has 1 saturated heterocycles. The molecule has 1 aromatic rings. The molecule has 1 aliphatic heterocycles. The first kappa shape index (κ1) is 15.8. The predicted octanol–water partition coefficient (Wildman–Crippen LogP) is 2.02. The number of amides is 1. The van der Waals surface area contributed by atoms with E-state index in [2.05, 4.69) is 43.0 Å². The lowest BCUT2D eigenvalue weighted by atomic mass is 9.98. The standard InChI is InChI=1S/C17H27N3O/c1-4-14(3)16(18)17(21)20-10-8-19(9-11-20)15-7-5-6-13(2)12-15/h5-7,12,14,16H,4,8-11,18H2,1-3H3. The van der Waals surface area contributed by atoms with Crippen molar-refractivity contribution in [3.8, 4) is 0 Å². The van der Waals surface area contributed by atoms with Crippen molar-refractivity contribution >= 4 is 11.6 Å². The number of hydrogen-bond donors (Lipinski definition) is 1. The largest absolute Gasteiger partial charge is 0.368 e. The molecule has 2 atom stereocenters. The molecule has 0 spiro atoms. The lowest BCUT2D eigenvalue weighted by molar-refractivity contribution is -0.134. The highest BCUT2D eigenvalue weighted by molar-refractivity contribution is 5.82. The Morgan fingerprint density at radius 3 is 2.52 bits per heavy atom. The zero-order valence-electron chi connectivity index (χ0n) is 13.4. The maximum absolute atomic E-state index is 12.4. The fourth-order valence-electron chi connectivity index (χ4n) is 2.72. The molecule has 21 heavy (non-hydrogen) atoms. The molecule has 4 nitrogen and oxygen atoms in total. The van der Waals surface area contributed by atoms with Crippen LogP contribution in [0.5, 0.6) is 0 Å². The number of rotatable bonds is 4. The summed E-state index contributed by atoms with van der Waals surface area (Å²) in [6.07, 6.45) is 0.941. The van der Waals surface area contributed by atoms with Crippen molar-refractivity contribution in [3.05, 3.63) is 29.8 Å². The van der Waals surface area contributed by atoms with Crippen LogP contribution in [0.1, 0.15) is 25.8 Å². The molecule has 116 valence electrons. The summed E-state index contributed by atoms with van der Waals surface area (Å²) < 4.78 is 0. The Bertz CT molecular complexity index is 481. The summed E-state index contributed by atoms with van der Waals surface area (Å²) in [6, 6.07) is 8.16. The second kappa shape index (κ2) is 6.94. The number of carbonyl (C=O) groups is 1. The van der Waals surface area contributed by atoms with Crippen molar-refractivity contribution in [2.75, 3.05) is 31.1 Å². The SMILES string of the molecule is CCC(C)C(N)C(=O)N1CCN(c2cccc(C)c2)CC1. The number of benzene rings is 1. The highest BCUT2D eigenvalue weighted by Gasteiger charge is 2.27. The second-order valence-corrected chi connectivity index (χ2v) is 6.06. The van der Waals surface area contributed by atoms with Crippen molar-refractivity contribution < 1.29 is 4.79 Å². The zero-order chi connectivity index (χ0) is 15.4. The highest BCUT2D eigenvalue weighted by Crippen LogP contribution is 2.18. The van der Waals surface area contributed by atoms with Gasteiger partial charge in [-0.25, -0.2) is 0 Å². The fraction of sp³-hybridized carbons (Fsp3) is 0.588. The van der Waals surface area contributed by atoms with Crippen molar-refractivity contribution in [2.24, 2.45) is 11.7 Å². The van der Waals surface area contributed by atoms with Crippen molar-refractivity contribution in [1.82, 2.24) is 4.90 Å². The van der Waals surface area contributed by atoms with Crippen molar-refractivity contribution in [3.63, 3.8) is 0 Å². The van der Waals surface area contributed by atoms with Crippen LogP contribution >= 0.6 is 0 Å². The number of piperazine rings is 1. The van der Waals surface area contributed by atoms with Gasteiger partial charge in [0.2, 0.25) is 5.91 Å². The first-order chi connectivity index (χ1) is 10.0. The summed E-state index contributed by atoms with van der Waals surface area (Å²) in [7, 11) is 0. The zero-order valence-corrected chi connectivity index (χ0v) is 13.4. The Labute approximate surface area is 127 Å². The van der Waals surface area contributed by atoms with Crippen molar-refractivity contribution in [2.45, 2.75) is 33.2 Å². The molecule has 0 saturated carbocycles. The van der Waals surface area contributed by atoms with Crippen LogP contribution < -0.4 is 10.6 Å². The third-order valence-corrected chi connectivity index (χ3v) is 4.50. The quantitative estimate of drug-likeness (QED) is 0.922. The first-order valence-corrected chi connectivity index (χ1v) is 7.89. The first-order valence-electron chi connectivity index (χ1n) is 7.89. The molecule has 0 bridgehead atoms. The number of nitrogens with two attached hydrogens (primary N) is 1. The molecular weight excluding hydrogens is 262 g/mol. The van der Waals surface area contributed by atoms with E-state index in [0.717, 1.165) is 32.6 Å². The van der Waals surface area contributed by atoms with Crippen LogP contribution in [0.3, 0.4) is 0 Å². The lowest BCUT2D eigenvalue weighted by Gasteiger charge is -2.37. The molecule has 2 N–H and O–H groups in total. The molecule has 1 fully saturated rings. The summed E-state index contributed by atoms with van der Waals surface area (Å²) in [4.78, 5) is 16.6. The van der Waals surface area contributed by atoms with E-state index in [1.165, 1.54) is 11.3 Å². The Kier molecular flexibility index (Phi) is 5.23. The Balaban J connectivity index is 1.92. The molecular formula is C17H27N3O. The number of anilines is 1. The highest BCUT2D eigenvalue weighted by atomic mass is 16.2. The van der Waals surface area contributed by atoms with Crippen LogP contribution in [0.2, 0.25) is 0 Å². The number of hydrogen-bond acceptors (Lipinski definition) is 3. The topological polar surface area (TPSA) is 49.6 Å². The van der Waals surface area contributed by atoms with Gasteiger partial charge in [0.05, 0.1) is 6.04 Å². The molecule has 2 unspecified atom stereocenters. The third-order valence-electron chi connectivity index (χ3n) is 4.50. The van der Waals surface area contributed by atoms with E-state index >= 15 is 0 Å². The minimum atomic E-state index is -0.361. The van der Waals surface area contributed by atoms with Crippen LogP contribution in [0.4, 0.5) is 5.69 Å². The molecule has 1 aliphatic rings. The molecule has 1 amide bonds. The number of nitrogens with zero attached hydrogens (tertiary/aromatic N) is 2.